The molecule has 1 saturated carbocycles. The number of ether oxygens (including phenoxy) is 2. The second-order valence-corrected chi connectivity index (χ2v) is 23.7. The molecule has 0 radical (unpaired) electrons. The van der Waals surface area contributed by atoms with Crippen molar-refractivity contribution < 1.29 is 41.1 Å². The predicted octanol–water partition coefficient (Wildman–Crippen LogP) is 4.95. The van der Waals surface area contributed by atoms with Gasteiger partial charge in [0.15, 0.2) is 25.7 Å². The number of nitrogens with zero attached hydrogens (tertiary/aromatic N) is 5. The lowest BCUT2D eigenvalue weighted by molar-refractivity contribution is -0.0482. The zero-order valence-corrected chi connectivity index (χ0v) is 30.9. The summed E-state index contributed by atoms with van der Waals surface area (Å²) < 4.78 is 72.4. The molecule has 2 aliphatic heterocycles. The summed E-state index contributed by atoms with van der Waals surface area (Å²) >= 11 is 8.67. The van der Waals surface area contributed by atoms with Gasteiger partial charge in [-0.3, -0.25) is 22.9 Å². The summed E-state index contributed by atoms with van der Waals surface area (Å²) in [6, 6.07) is 1.62. The summed E-state index contributed by atoms with van der Waals surface area (Å²) in [5, 5.41) is -0.245. The highest BCUT2D eigenvalue weighted by Crippen LogP contribution is 2.61. The number of H-pyrrole nitrogens is 1. The van der Waals surface area contributed by atoms with E-state index in [0.29, 0.717) is 18.7 Å². The molecule has 2 saturated heterocycles. The van der Waals surface area contributed by atoms with Gasteiger partial charge in [0.25, 0.3) is 5.56 Å². The molecule has 0 aromatic carbocycles. The number of rotatable bonds is 5. The number of imidazole rings is 1. The van der Waals surface area contributed by atoms with Crippen LogP contribution in [0.4, 0.5) is 0 Å². The molecule has 9 atom stereocenters. The van der Waals surface area contributed by atoms with Crippen LogP contribution >= 0.6 is 38.1 Å². The van der Waals surface area contributed by atoms with Crippen molar-refractivity contribution in [2.75, 3.05) is 13.2 Å². The third-order valence-electron chi connectivity index (χ3n) is 8.97. The van der Waals surface area contributed by atoms with Crippen LogP contribution in [-0.4, -0.2) is 81.5 Å². The Morgan fingerprint density at radius 3 is 2.51 bits per heavy atom. The van der Waals surface area contributed by atoms with Crippen molar-refractivity contribution >= 4 is 57.6 Å². The smallest absolute Gasteiger partial charge is 0.386 e. The minimum absolute atomic E-state index is 0.0652. The zero-order valence-electron chi connectivity index (χ0n) is 26.4. The van der Waals surface area contributed by atoms with Gasteiger partial charge in [0.2, 0.25) is 5.88 Å². The second-order valence-electron chi connectivity index (χ2n) is 13.2. The van der Waals surface area contributed by atoms with Crippen LogP contribution in [0.2, 0.25) is 18.1 Å². The lowest BCUT2D eigenvalue weighted by atomic mass is 10.1. The fraction of sp³-hybridized carbons (Fsp3) is 0.654. The van der Waals surface area contributed by atoms with Crippen LogP contribution in [0.25, 0.3) is 11.2 Å². The van der Waals surface area contributed by atoms with Gasteiger partial charge >= 0.3 is 13.6 Å². The fourth-order valence-corrected chi connectivity index (χ4v) is 9.97. The molecule has 2 bridgehead atoms. The van der Waals surface area contributed by atoms with Crippen molar-refractivity contribution in [1.82, 2.24) is 29.5 Å². The van der Waals surface area contributed by atoms with Gasteiger partial charge in [-0.15, -0.1) is 0 Å². The number of aromatic nitrogens is 6. The molecule has 258 valence electrons. The summed E-state index contributed by atoms with van der Waals surface area (Å²) in [5.74, 6) is -0.0722. The summed E-state index contributed by atoms with van der Waals surface area (Å²) in [6.07, 6.45) is 1.14. The van der Waals surface area contributed by atoms with Gasteiger partial charge in [0, 0.05) is 24.6 Å². The topological polar surface area (TPSA) is 188 Å². The average molecular weight is 749 g/mol. The Morgan fingerprint density at radius 2 is 1.79 bits per heavy atom. The molecule has 1 N–H and O–H groups in total. The first kappa shape index (κ1) is 35.2. The van der Waals surface area contributed by atoms with E-state index >= 15 is 0 Å². The van der Waals surface area contributed by atoms with Crippen LogP contribution < -0.4 is 10.3 Å². The Hall–Kier alpha value is -1.63. The maximum absolute atomic E-state index is 14.0. The third-order valence-corrected chi connectivity index (χ3v) is 16.7. The van der Waals surface area contributed by atoms with Crippen LogP contribution in [-0.2, 0) is 36.4 Å². The molecule has 3 aliphatic rings. The molecule has 4 unspecified atom stereocenters. The highest BCUT2D eigenvalue weighted by Gasteiger charge is 2.55. The number of aromatic amines is 1. The van der Waals surface area contributed by atoms with E-state index in [0.717, 1.165) is 0 Å². The minimum atomic E-state index is -4.14. The van der Waals surface area contributed by atoms with E-state index in [1.54, 1.807) is 12.3 Å². The lowest BCUT2D eigenvalue weighted by Crippen LogP contribution is -2.50. The minimum Gasteiger partial charge on any atom is -0.474 e. The van der Waals surface area contributed by atoms with Crippen molar-refractivity contribution in [3.8, 4) is 5.88 Å². The largest absolute Gasteiger partial charge is 0.474 e. The second kappa shape index (κ2) is 13.2. The van der Waals surface area contributed by atoms with Crippen LogP contribution in [0.3, 0.4) is 0 Å². The molecular weight excluding hydrogens is 710 g/mol. The van der Waals surface area contributed by atoms with E-state index in [2.05, 4.69) is 70.2 Å². The molecule has 6 rings (SSSR count). The molecule has 5 heterocycles. The first-order valence-corrected chi connectivity index (χ1v) is 23.3. The molecule has 0 spiro atoms. The summed E-state index contributed by atoms with van der Waals surface area (Å²) in [5.41, 5.74) is -0.192. The monoisotopic (exact) mass is 748 g/mol. The van der Waals surface area contributed by atoms with Crippen molar-refractivity contribution in [3.63, 3.8) is 0 Å². The molecular formula is C26H38N6O10P2S2Si. The molecule has 0 amide bonds. The molecule has 3 fully saturated rings. The highest BCUT2D eigenvalue weighted by molar-refractivity contribution is 8.44. The Labute approximate surface area is 282 Å². The van der Waals surface area contributed by atoms with E-state index < -0.39 is 64.0 Å². The van der Waals surface area contributed by atoms with Crippen molar-refractivity contribution in [1.29, 1.82) is 0 Å². The number of hydrogen-bond donors (Lipinski definition) is 3. The lowest BCUT2D eigenvalue weighted by Gasteiger charge is -2.40. The van der Waals surface area contributed by atoms with Crippen LogP contribution in [0, 0.1) is 5.92 Å². The standard InChI is InChI=1S/C26H38N6O10P2S2Si/c1-26(2,3)47(4,5)42-21-18-11-37-43(34,45)40-17-9-16(38-19-6-7-27-12-28-19)8-15(17)10-36-44(35,46)41-22(21)25(39-18)32-14-31-20-23(32)29-13-30-24(20)33/h6-7,12-18,21-22,25H,8-11H2,1-5H3,(H,34,45)(H,35,46)(H,29,30,33)/t15-,16-,17+,18?,21?,22-,25-,43?,44?/m1/s1. The normalized spacial score (nSPS) is 35.5. The quantitative estimate of drug-likeness (QED) is 0.181. The number of fused-ring (bicyclic) bond motifs is 4. The molecule has 3 aromatic rings. The van der Waals surface area contributed by atoms with E-state index in [9.17, 15) is 13.9 Å². The third kappa shape index (κ3) is 7.75. The van der Waals surface area contributed by atoms with E-state index in [1.165, 1.54) is 23.5 Å². The molecule has 1 aliphatic carbocycles. The van der Waals surface area contributed by atoms with Gasteiger partial charge in [-0.1, -0.05) is 45.3 Å². The maximum Gasteiger partial charge on any atom is 0.386 e. The van der Waals surface area contributed by atoms with E-state index in [-0.39, 0.29) is 35.5 Å². The Balaban J connectivity index is 1.35. The molecule has 16 nitrogen and oxygen atoms in total. The first-order valence-electron chi connectivity index (χ1n) is 15.0. The van der Waals surface area contributed by atoms with E-state index in [4.69, 9.17) is 32.0 Å². The SMILES string of the molecule is CC(C)(C)[Si](C)(C)OC1C2COP(=O)(S)O[C@H]3C[C@H](Oc4ccncn4)C[C@@H]3COP(=O)(S)O[C@H]1[C@H](n1cnc3c(=O)[nH]cnc31)O2. The van der Waals surface area contributed by atoms with Gasteiger partial charge in [-0.2, -0.15) is 0 Å². The number of nitrogens with one attached hydrogen (secondary N) is 1. The maximum atomic E-state index is 14.0. The van der Waals surface area contributed by atoms with Crippen molar-refractivity contribution in [2.24, 2.45) is 5.92 Å². The van der Waals surface area contributed by atoms with Crippen LogP contribution in [0.15, 0.2) is 36.0 Å². The molecule has 47 heavy (non-hydrogen) atoms. The van der Waals surface area contributed by atoms with Gasteiger partial charge in [-0.25, -0.2) is 29.1 Å². The number of hydrogen-bond acceptors (Lipinski definition) is 14. The highest BCUT2D eigenvalue weighted by atomic mass is 32.7. The van der Waals surface area contributed by atoms with Gasteiger partial charge in [0.05, 0.1) is 32.0 Å². The van der Waals surface area contributed by atoms with Crippen LogP contribution in [0.1, 0.15) is 39.8 Å². The fourth-order valence-electron chi connectivity index (χ4n) is 5.59. The van der Waals surface area contributed by atoms with Gasteiger partial charge in [0.1, 0.15) is 30.7 Å². The summed E-state index contributed by atoms with van der Waals surface area (Å²) in [7, 11) is -2.56. The van der Waals surface area contributed by atoms with Crippen LogP contribution in [0.5, 0.6) is 5.88 Å². The average Bonchev–Trinajstić information content (AvgIpc) is 3.66. The summed E-state index contributed by atoms with van der Waals surface area (Å²) in [6.45, 7) is 1.73. The number of thiol groups is 2. The zero-order chi connectivity index (χ0) is 33.8. The predicted molar refractivity (Wildman–Crippen MR) is 178 cm³/mol. The first-order chi connectivity index (χ1) is 22.0. The molecule has 3 aromatic heterocycles. The van der Waals surface area contributed by atoms with E-state index in [1.807, 2.05) is 13.1 Å². The van der Waals surface area contributed by atoms with Crippen molar-refractivity contribution in [2.45, 2.75) is 88.5 Å². The summed E-state index contributed by atoms with van der Waals surface area (Å²) in [4.78, 5) is 31.5. The van der Waals surface area contributed by atoms with Crippen molar-refractivity contribution in [3.05, 3.63) is 41.6 Å². The Bertz CT molecular complexity index is 1750. The Kier molecular flexibility index (Phi) is 9.92. The molecule has 21 heteroatoms. The Morgan fingerprint density at radius 1 is 1.04 bits per heavy atom. The van der Waals surface area contributed by atoms with Gasteiger partial charge in [-0.05, 0) is 24.6 Å². The van der Waals surface area contributed by atoms with Gasteiger partial charge < -0.3 is 23.4 Å².